The van der Waals surface area contributed by atoms with Gasteiger partial charge in [-0.25, -0.2) is 0 Å². The summed E-state index contributed by atoms with van der Waals surface area (Å²) >= 11 is 0. The van der Waals surface area contributed by atoms with Crippen LogP contribution < -0.4 is 5.73 Å². The van der Waals surface area contributed by atoms with Crippen LogP contribution >= 0.6 is 0 Å². The second kappa shape index (κ2) is 5.73. The van der Waals surface area contributed by atoms with Crippen LogP contribution in [0.2, 0.25) is 0 Å². The van der Waals surface area contributed by atoms with Gasteiger partial charge in [0.2, 0.25) is 0 Å². The van der Waals surface area contributed by atoms with Crippen molar-refractivity contribution in [2.45, 2.75) is 19.4 Å². The van der Waals surface area contributed by atoms with E-state index in [1.807, 2.05) is 12.4 Å². The summed E-state index contributed by atoms with van der Waals surface area (Å²) in [6.07, 6.45) is 4.73. The maximum absolute atomic E-state index is 5.59. The molecule has 0 unspecified atom stereocenters. The Balaban J connectivity index is 2.34. The highest BCUT2D eigenvalue weighted by Crippen LogP contribution is 2.00. The van der Waals surface area contributed by atoms with Gasteiger partial charge in [-0.3, -0.25) is 4.98 Å². The number of likely N-dealkylation sites (N-methyl/N-ethyl adjacent to an activating group) is 1. The zero-order valence-electron chi connectivity index (χ0n) is 8.98. The van der Waals surface area contributed by atoms with Gasteiger partial charge in [0.05, 0.1) is 0 Å². The third kappa shape index (κ3) is 3.44. The number of rotatable bonds is 5. The zero-order valence-corrected chi connectivity index (χ0v) is 8.98. The van der Waals surface area contributed by atoms with Gasteiger partial charge in [0.1, 0.15) is 0 Å². The van der Waals surface area contributed by atoms with Gasteiger partial charge < -0.3 is 10.6 Å². The fraction of sp³-hybridized carbons (Fsp3) is 0.545. The highest BCUT2D eigenvalue weighted by molar-refractivity contribution is 5.09. The molecule has 0 spiro atoms. The minimum atomic E-state index is 0.455. The van der Waals surface area contributed by atoms with Gasteiger partial charge in [-0.05, 0) is 38.1 Å². The molecule has 1 aromatic heterocycles. The molecule has 3 heteroatoms. The summed E-state index contributed by atoms with van der Waals surface area (Å²) in [5, 5.41) is 0. The predicted octanol–water partition coefficient (Wildman–Crippen LogP) is 0.903. The van der Waals surface area contributed by atoms with Crippen molar-refractivity contribution < 1.29 is 0 Å². The molecule has 3 nitrogen and oxygen atoms in total. The normalized spacial score (nSPS) is 13.1. The lowest BCUT2D eigenvalue weighted by Gasteiger charge is -2.22. The molecule has 0 saturated carbocycles. The molecule has 0 aliphatic rings. The first kappa shape index (κ1) is 11.1. The van der Waals surface area contributed by atoms with Crippen LogP contribution in [0.3, 0.4) is 0 Å². The lowest BCUT2D eigenvalue weighted by Crippen LogP contribution is -2.36. The highest BCUT2D eigenvalue weighted by atomic mass is 15.1. The maximum atomic E-state index is 5.59. The monoisotopic (exact) mass is 193 g/mol. The molecule has 2 N–H and O–H groups in total. The standard InChI is InChI=1S/C11H19N3/c1-10(9-12)14(2)8-5-11-3-6-13-7-4-11/h3-4,6-7,10H,5,8-9,12H2,1-2H3/t10-/m1/s1. The van der Waals surface area contributed by atoms with Crippen molar-refractivity contribution in [3.63, 3.8) is 0 Å². The third-order valence-corrected chi connectivity index (χ3v) is 2.60. The fourth-order valence-corrected chi connectivity index (χ4v) is 1.26. The number of nitrogens with zero attached hydrogens (tertiary/aromatic N) is 2. The van der Waals surface area contributed by atoms with Crippen molar-refractivity contribution in [1.82, 2.24) is 9.88 Å². The Hall–Kier alpha value is -0.930. The smallest absolute Gasteiger partial charge is 0.0270 e. The van der Waals surface area contributed by atoms with Gasteiger partial charge in [-0.1, -0.05) is 0 Å². The number of nitrogens with two attached hydrogens (primary N) is 1. The Kier molecular flexibility index (Phi) is 4.56. The molecule has 0 aromatic carbocycles. The molecule has 1 heterocycles. The first-order chi connectivity index (χ1) is 6.74. The Labute approximate surface area is 85.9 Å². The quantitative estimate of drug-likeness (QED) is 0.755. The average Bonchev–Trinajstić information content (AvgIpc) is 2.26. The molecule has 0 amide bonds. The van der Waals surface area contributed by atoms with E-state index in [0.717, 1.165) is 13.0 Å². The second-order valence-corrected chi connectivity index (χ2v) is 3.67. The van der Waals surface area contributed by atoms with Crippen molar-refractivity contribution in [3.8, 4) is 0 Å². The molecule has 0 aliphatic heterocycles. The van der Waals surface area contributed by atoms with Crippen LogP contribution in [-0.2, 0) is 6.42 Å². The summed E-state index contributed by atoms with van der Waals surface area (Å²) in [5.41, 5.74) is 6.92. The number of pyridine rings is 1. The minimum absolute atomic E-state index is 0.455. The molecule has 1 rings (SSSR count). The lowest BCUT2D eigenvalue weighted by atomic mass is 10.2. The van der Waals surface area contributed by atoms with Gasteiger partial charge in [0.25, 0.3) is 0 Å². The first-order valence-corrected chi connectivity index (χ1v) is 5.03. The van der Waals surface area contributed by atoms with Crippen molar-refractivity contribution in [2.75, 3.05) is 20.1 Å². The summed E-state index contributed by atoms with van der Waals surface area (Å²) < 4.78 is 0. The van der Waals surface area contributed by atoms with Crippen molar-refractivity contribution in [2.24, 2.45) is 5.73 Å². The summed E-state index contributed by atoms with van der Waals surface area (Å²) in [6, 6.07) is 4.57. The van der Waals surface area contributed by atoms with Crippen molar-refractivity contribution in [3.05, 3.63) is 30.1 Å². The Morgan fingerprint density at radius 3 is 2.64 bits per heavy atom. The van der Waals surface area contributed by atoms with Crippen LogP contribution in [0.5, 0.6) is 0 Å². The summed E-state index contributed by atoms with van der Waals surface area (Å²) in [6.45, 7) is 3.90. The molecule has 1 aromatic rings. The van der Waals surface area contributed by atoms with Gasteiger partial charge in [-0.2, -0.15) is 0 Å². The fourth-order valence-electron chi connectivity index (χ4n) is 1.26. The van der Waals surface area contributed by atoms with E-state index < -0.39 is 0 Å². The largest absolute Gasteiger partial charge is 0.329 e. The van der Waals surface area contributed by atoms with Gasteiger partial charge in [0.15, 0.2) is 0 Å². The molecule has 1 atom stereocenters. The van der Waals surface area contributed by atoms with E-state index in [9.17, 15) is 0 Å². The van der Waals surface area contributed by atoms with E-state index in [2.05, 4.69) is 36.0 Å². The Morgan fingerprint density at radius 2 is 2.07 bits per heavy atom. The van der Waals surface area contributed by atoms with Crippen LogP contribution in [0.4, 0.5) is 0 Å². The first-order valence-electron chi connectivity index (χ1n) is 5.03. The van der Waals surface area contributed by atoms with Gasteiger partial charge in [-0.15, -0.1) is 0 Å². The molecule has 0 saturated heterocycles. The van der Waals surface area contributed by atoms with E-state index in [1.54, 1.807) is 0 Å². The number of hydrogen-bond donors (Lipinski definition) is 1. The molecule has 0 radical (unpaired) electrons. The van der Waals surface area contributed by atoms with E-state index in [-0.39, 0.29) is 0 Å². The Morgan fingerprint density at radius 1 is 1.43 bits per heavy atom. The maximum Gasteiger partial charge on any atom is 0.0270 e. The molecular formula is C11H19N3. The van der Waals surface area contributed by atoms with Crippen molar-refractivity contribution in [1.29, 1.82) is 0 Å². The minimum Gasteiger partial charge on any atom is -0.329 e. The van der Waals surface area contributed by atoms with Crippen LogP contribution in [0.1, 0.15) is 12.5 Å². The van der Waals surface area contributed by atoms with Crippen molar-refractivity contribution >= 4 is 0 Å². The predicted molar refractivity (Wildman–Crippen MR) is 59.1 cm³/mol. The highest BCUT2D eigenvalue weighted by Gasteiger charge is 2.05. The molecule has 78 valence electrons. The Bertz CT molecular complexity index is 248. The lowest BCUT2D eigenvalue weighted by molar-refractivity contribution is 0.266. The molecule has 0 bridgehead atoms. The van der Waals surface area contributed by atoms with Crippen LogP contribution in [0, 0.1) is 0 Å². The molecule has 0 fully saturated rings. The van der Waals surface area contributed by atoms with Crippen LogP contribution in [0.25, 0.3) is 0 Å². The zero-order chi connectivity index (χ0) is 10.4. The second-order valence-electron chi connectivity index (χ2n) is 3.67. The van der Waals surface area contributed by atoms with Crippen LogP contribution in [0.15, 0.2) is 24.5 Å². The molecular weight excluding hydrogens is 174 g/mol. The average molecular weight is 193 g/mol. The van der Waals surface area contributed by atoms with E-state index in [0.29, 0.717) is 12.6 Å². The summed E-state index contributed by atoms with van der Waals surface area (Å²) in [5.74, 6) is 0. The summed E-state index contributed by atoms with van der Waals surface area (Å²) in [4.78, 5) is 6.27. The van der Waals surface area contributed by atoms with Gasteiger partial charge in [0, 0.05) is 31.5 Å². The molecule has 14 heavy (non-hydrogen) atoms. The number of aromatic nitrogens is 1. The van der Waals surface area contributed by atoms with Gasteiger partial charge >= 0.3 is 0 Å². The molecule has 0 aliphatic carbocycles. The SMILES string of the molecule is C[C@H](CN)N(C)CCc1ccncc1. The number of hydrogen-bond acceptors (Lipinski definition) is 3. The van der Waals surface area contributed by atoms with Crippen LogP contribution in [-0.4, -0.2) is 36.1 Å². The summed E-state index contributed by atoms with van der Waals surface area (Å²) in [7, 11) is 2.11. The van der Waals surface area contributed by atoms with E-state index in [4.69, 9.17) is 5.73 Å². The topological polar surface area (TPSA) is 42.1 Å². The third-order valence-electron chi connectivity index (χ3n) is 2.60. The van der Waals surface area contributed by atoms with E-state index >= 15 is 0 Å². The van der Waals surface area contributed by atoms with E-state index in [1.165, 1.54) is 5.56 Å².